The third-order valence-electron chi connectivity index (χ3n) is 6.09. The van der Waals surface area contributed by atoms with Gasteiger partial charge in [0.1, 0.15) is 0 Å². The van der Waals surface area contributed by atoms with Gasteiger partial charge < -0.3 is 5.32 Å². The number of fused-ring (bicyclic) bond motifs is 1. The van der Waals surface area contributed by atoms with Crippen molar-refractivity contribution >= 4 is 26.6 Å². The van der Waals surface area contributed by atoms with Crippen molar-refractivity contribution < 1.29 is 13.2 Å². The molecule has 5 rings (SSSR count). The number of aromatic nitrogens is 3. The van der Waals surface area contributed by atoms with Gasteiger partial charge in [0, 0.05) is 41.4 Å². The van der Waals surface area contributed by atoms with Crippen LogP contribution in [-0.2, 0) is 16.4 Å². The van der Waals surface area contributed by atoms with Gasteiger partial charge in [0.2, 0.25) is 0 Å². The average molecular weight is 509 g/mol. The number of aryl methyl sites for hydroxylation is 1. The largest absolute Gasteiger partial charge is 0.346 e. The predicted molar refractivity (Wildman–Crippen MR) is 144 cm³/mol. The summed E-state index contributed by atoms with van der Waals surface area (Å²) in [7, 11) is -3.43. The van der Waals surface area contributed by atoms with Crippen molar-refractivity contribution in [2.75, 3.05) is 6.26 Å². The SMILES string of the molecule is Cc1ccc(C(=O)NCc2cc3nc(-c4ccc(-c5cccnc5)cc4)ccc3cn2)cc1S(C)(=O)=O. The van der Waals surface area contributed by atoms with Crippen molar-refractivity contribution in [2.45, 2.75) is 18.4 Å². The summed E-state index contributed by atoms with van der Waals surface area (Å²) < 4.78 is 24.0. The van der Waals surface area contributed by atoms with Gasteiger partial charge in [-0.25, -0.2) is 13.4 Å². The molecule has 0 unspecified atom stereocenters. The highest BCUT2D eigenvalue weighted by Gasteiger charge is 2.15. The molecule has 0 aliphatic heterocycles. The molecular weight excluding hydrogens is 484 g/mol. The van der Waals surface area contributed by atoms with Crippen LogP contribution in [-0.4, -0.2) is 35.5 Å². The van der Waals surface area contributed by atoms with Gasteiger partial charge in [-0.2, -0.15) is 0 Å². The van der Waals surface area contributed by atoms with Crippen molar-refractivity contribution in [3.63, 3.8) is 0 Å². The summed E-state index contributed by atoms with van der Waals surface area (Å²) in [6, 6.07) is 22.5. The molecule has 0 saturated carbocycles. The minimum absolute atomic E-state index is 0.147. The molecule has 0 atom stereocenters. The molecule has 0 bridgehead atoms. The fourth-order valence-corrected chi connectivity index (χ4v) is 5.09. The molecule has 0 radical (unpaired) electrons. The van der Waals surface area contributed by atoms with E-state index in [1.54, 1.807) is 31.5 Å². The number of carbonyl (C=O) groups excluding carboxylic acids is 1. The molecule has 8 heteroatoms. The number of hydrogen-bond donors (Lipinski definition) is 1. The second-order valence-corrected chi connectivity index (χ2v) is 10.8. The highest BCUT2D eigenvalue weighted by Crippen LogP contribution is 2.25. The minimum atomic E-state index is -3.43. The van der Waals surface area contributed by atoms with Crippen molar-refractivity contribution in [3.8, 4) is 22.4 Å². The van der Waals surface area contributed by atoms with E-state index < -0.39 is 9.84 Å². The van der Waals surface area contributed by atoms with E-state index in [-0.39, 0.29) is 22.9 Å². The number of rotatable bonds is 6. The first-order chi connectivity index (χ1) is 17.8. The lowest BCUT2D eigenvalue weighted by atomic mass is 10.0. The quantitative estimate of drug-likeness (QED) is 0.346. The lowest BCUT2D eigenvalue weighted by Gasteiger charge is -2.09. The van der Waals surface area contributed by atoms with Gasteiger partial charge in [0.15, 0.2) is 9.84 Å². The molecule has 184 valence electrons. The lowest BCUT2D eigenvalue weighted by Crippen LogP contribution is -2.23. The average Bonchev–Trinajstić information content (AvgIpc) is 2.91. The molecule has 1 N–H and O–H groups in total. The third-order valence-corrected chi connectivity index (χ3v) is 7.32. The van der Waals surface area contributed by atoms with Gasteiger partial charge in [-0.05, 0) is 60.0 Å². The number of pyridine rings is 3. The molecule has 5 aromatic rings. The van der Waals surface area contributed by atoms with Crippen LogP contribution < -0.4 is 5.32 Å². The van der Waals surface area contributed by atoms with E-state index >= 15 is 0 Å². The fraction of sp³-hybridized carbons (Fsp3) is 0.103. The number of amides is 1. The van der Waals surface area contributed by atoms with Crippen molar-refractivity contribution in [2.24, 2.45) is 0 Å². The Morgan fingerprint density at radius 2 is 1.68 bits per heavy atom. The minimum Gasteiger partial charge on any atom is -0.346 e. The molecule has 3 heterocycles. The Morgan fingerprint density at radius 3 is 2.41 bits per heavy atom. The van der Waals surface area contributed by atoms with Crippen LogP contribution in [0.1, 0.15) is 21.6 Å². The standard InChI is InChI=1S/C29H24N4O3S/c1-19-5-6-22(14-28(19)37(2,35)36)29(34)32-18-25-15-27-24(17-31-25)11-12-26(33-27)21-9-7-20(8-10-21)23-4-3-13-30-16-23/h3-17H,18H2,1-2H3,(H,32,34). The van der Waals surface area contributed by atoms with Gasteiger partial charge in [-0.1, -0.05) is 36.4 Å². The maximum atomic E-state index is 12.7. The summed E-state index contributed by atoms with van der Waals surface area (Å²) in [5.74, 6) is -0.373. The topological polar surface area (TPSA) is 102 Å². The Bertz CT molecular complexity index is 1720. The second-order valence-electron chi connectivity index (χ2n) is 8.82. The van der Waals surface area contributed by atoms with Crippen molar-refractivity contribution in [1.29, 1.82) is 0 Å². The summed E-state index contributed by atoms with van der Waals surface area (Å²) in [6.45, 7) is 1.88. The Labute approximate surface area is 215 Å². The molecule has 0 fully saturated rings. The zero-order chi connectivity index (χ0) is 26.0. The number of hydrogen-bond acceptors (Lipinski definition) is 6. The maximum absolute atomic E-state index is 12.7. The smallest absolute Gasteiger partial charge is 0.251 e. The first-order valence-corrected chi connectivity index (χ1v) is 13.5. The fourth-order valence-electron chi connectivity index (χ4n) is 4.10. The van der Waals surface area contributed by atoms with Crippen LogP contribution in [0.15, 0.2) is 96.3 Å². The molecule has 2 aromatic carbocycles. The van der Waals surface area contributed by atoms with Crippen LogP contribution in [0.4, 0.5) is 0 Å². The monoisotopic (exact) mass is 508 g/mol. The molecule has 0 aliphatic carbocycles. The molecule has 37 heavy (non-hydrogen) atoms. The number of sulfone groups is 1. The van der Waals surface area contributed by atoms with Crippen LogP contribution in [0.5, 0.6) is 0 Å². The number of nitrogens with one attached hydrogen (secondary N) is 1. The zero-order valence-electron chi connectivity index (χ0n) is 20.3. The summed E-state index contributed by atoms with van der Waals surface area (Å²) in [5, 5.41) is 3.71. The normalized spacial score (nSPS) is 11.4. The number of nitrogens with zero attached hydrogens (tertiary/aromatic N) is 3. The molecular formula is C29H24N4O3S. The van der Waals surface area contributed by atoms with Crippen LogP contribution in [0.25, 0.3) is 33.3 Å². The number of carbonyl (C=O) groups is 1. The first kappa shape index (κ1) is 24.3. The van der Waals surface area contributed by atoms with E-state index in [1.165, 1.54) is 6.07 Å². The van der Waals surface area contributed by atoms with E-state index in [4.69, 9.17) is 4.98 Å². The Morgan fingerprint density at radius 1 is 0.892 bits per heavy atom. The highest BCUT2D eigenvalue weighted by molar-refractivity contribution is 7.90. The molecule has 0 aliphatic rings. The Kier molecular flexibility index (Phi) is 6.50. The van der Waals surface area contributed by atoms with E-state index in [1.807, 2.05) is 60.8 Å². The number of benzene rings is 2. The molecule has 3 aromatic heterocycles. The maximum Gasteiger partial charge on any atom is 0.251 e. The van der Waals surface area contributed by atoms with Gasteiger partial charge in [0.25, 0.3) is 5.91 Å². The zero-order valence-corrected chi connectivity index (χ0v) is 21.2. The van der Waals surface area contributed by atoms with Gasteiger partial charge >= 0.3 is 0 Å². The van der Waals surface area contributed by atoms with Crippen molar-refractivity contribution in [1.82, 2.24) is 20.3 Å². The van der Waals surface area contributed by atoms with E-state index in [9.17, 15) is 13.2 Å². The summed E-state index contributed by atoms with van der Waals surface area (Å²) in [5.41, 5.74) is 6.25. The first-order valence-electron chi connectivity index (χ1n) is 11.6. The van der Waals surface area contributed by atoms with Crippen molar-refractivity contribution in [3.05, 3.63) is 108 Å². The molecule has 1 amide bonds. The lowest BCUT2D eigenvalue weighted by molar-refractivity contribution is 0.0950. The molecule has 0 spiro atoms. The van der Waals surface area contributed by atoms with E-state index in [2.05, 4.69) is 15.3 Å². The summed E-state index contributed by atoms with van der Waals surface area (Å²) >= 11 is 0. The van der Waals surface area contributed by atoms with E-state index in [0.717, 1.165) is 39.5 Å². The Balaban J connectivity index is 1.34. The van der Waals surface area contributed by atoms with Gasteiger partial charge in [-0.15, -0.1) is 0 Å². The van der Waals surface area contributed by atoms with Crippen LogP contribution in [0.3, 0.4) is 0 Å². The summed E-state index contributed by atoms with van der Waals surface area (Å²) in [4.78, 5) is 26.3. The molecule has 0 saturated heterocycles. The second kappa shape index (κ2) is 9.91. The van der Waals surface area contributed by atoms with E-state index in [0.29, 0.717) is 11.3 Å². The van der Waals surface area contributed by atoms with Gasteiger partial charge in [0.05, 0.1) is 28.3 Å². The van der Waals surface area contributed by atoms with Crippen LogP contribution in [0, 0.1) is 6.92 Å². The Hall–Kier alpha value is -4.43. The highest BCUT2D eigenvalue weighted by atomic mass is 32.2. The van der Waals surface area contributed by atoms with Crippen LogP contribution >= 0.6 is 0 Å². The molecule has 7 nitrogen and oxygen atoms in total. The predicted octanol–water partition coefficient (Wildman–Crippen LogP) is 5.00. The third kappa shape index (κ3) is 5.39. The van der Waals surface area contributed by atoms with Gasteiger partial charge in [-0.3, -0.25) is 14.8 Å². The van der Waals surface area contributed by atoms with Crippen LogP contribution in [0.2, 0.25) is 0 Å². The summed E-state index contributed by atoms with van der Waals surface area (Å²) in [6.07, 6.45) is 6.45.